The van der Waals surface area contributed by atoms with Gasteiger partial charge < -0.3 is 5.32 Å². The monoisotopic (exact) mass is 313 g/mol. The van der Waals surface area contributed by atoms with E-state index in [9.17, 15) is 13.6 Å². The first kappa shape index (κ1) is 14.9. The summed E-state index contributed by atoms with van der Waals surface area (Å²) in [6.45, 7) is 0. The van der Waals surface area contributed by atoms with E-state index in [1.54, 1.807) is 30.3 Å². The zero-order valence-electron chi connectivity index (χ0n) is 12.0. The minimum atomic E-state index is -0.409. The number of carbonyl (C=O) groups is 1. The molecule has 0 unspecified atom stereocenters. The molecule has 1 aromatic heterocycles. The maximum atomic E-state index is 13.7. The molecule has 0 saturated heterocycles. The van der Waals surface area contributed by atoms with Crippen molar-refractivity contribution in [3.63, 3.8) is 0 Å². The molecule has 0 aliphatic heterocycles. The summed E-state index contributed by atoms with van der Waals surface area (Å²) in [5.74, 6) is -1.10. The Morgan fingerprint density at radius 1 is 1.13 bits per heavy atom. The molecule has 1 N–H and O–H groups in total. The highest BCUT2D eigenvalue weighted by molar-refractivity contribution is 5.92. The van der Waals surface area contributed by atoms with Crippen molar-refractivity contribution in [3.8, 4) is 5.69 Å². The maximum Gasteiger partial charge on any atom is 0.228 e. The van der Waals surface area contributed by atoms with Crippen molar-refractivity contribution in [2.24, 2.45) is 0 Å². The van der Waals surface area contributed by atoms with Gasteiger partial charge in [0.15, 0.2) is 0 Å². The van der Waals surface area contributed by atoms with Crippen LogP contribution in [-0.2, 0) is 11.2 Å². The Labute approximate surface area is 131 Å². The molecule has 6 heteroatoms. The summed E-state index contributed by atoms with van der Waals surface area (Å²) in [6, 6.07) is 12.0. The molecular weight excluding hydrogens is 300 g/mol. The van der Waals surface area contributed by atoms with Crippen LogP contribution >= 0.6 is 0 Å². The Morgan fingerprint density at radius 2 is 1.96 bits per heavy atom. The highest BCUT2D eigenvalue weighted by atomic mass is 19.1. The lowest BCUT2D eigenvalue weighted by atomic mass is 10.1. The largest absolute Gasteiger partial charge is 0.323 e. The van der Waals surface area contributed by atoms with Crippen LogP contribution in [0.1, 0.15) is 5.56 Å². The third-order valence-electron chi connectivity index (χ3n) is 3.22. The number of hydrogen-bond donors (Lipinski definition) is 1. The molecule has 23 heavy (non-hydrogen) atoms. The van der Waals surface area contributed by atoms with Crippen LogP contribution in [0.3, 0.4) is 0 Å². The van der Waals surface area contributed by atoms with Crippen LogP contribution in [0.25, 0.3) is 5.69 Å². The highest BCUT2D eigenvalue weighted by Gasteiger charge is 2.09. The van der Waals surface area contributed by atoms with E-state index in [0.29, 0.717) is 11.3 Å². The molecule has 3 rings (SSSR count). The fraction of sp³-hybridized carbons (Fsp3) is 0.0588. The molecule has 116 valence electrons. The maximum absolute atomic E-state index is 13.7. The number of nitrogens with zero attached hydrogens (tertiary/aromatic N) is 2. The van der Waals surface area contributed by atoms with Crippen molar-refractivity contribution in [1.29, 1.82) is 0 Å². The first-order valence-electron chi connectivity index (χ1n) is 6.96. The van der Waals surface area contributed by atoms with Crippen molar-refractivity contribution in [3.05, 3.63) is 78.1 Å². The Morgan fingerprint density at radius 3 is 2.74 bits per heavy atom. The van der Waals surface area contributed by atoms with Gasteiger partial charge in [0.2, 0.25) is 5.91 Å². The third-order valence-corrected chi connectivity index (χ3v) is 3.22. The van der Waals surface area contributed by atoms with Crippen LogP contribution in [0.5, 0.6) is 0 Å². The number of anilines is 1. The van der Waals surface area contributed by atoms with Gasteiger partial charge in [0.1, 0.15) is 17.3 Å². The molecule has 0 aliphatic rings. The van der Waals surface area contributed by atoms with Gasteiger partial charge in [-0.1, -0.05) is 24.3 Å². The Hall–Kier alpha value is -3.02. The van der Waals surface area contributed by atoms with Gasteiger partial charge in [0.05, 0.1) is 24.5 Å². The van der Waals surface area contributed by atoms with Gasteiger partial charge in [-0.3, -0.25) is 4.79 Å². The average molecular weight is 313 g/mol. The Kier molecular flexibility index (Phi) is 4.14. The van der Waals surface area contributed by atoms with Crippen LogP contribution in [-0.4, -0.2) is 15.7 Å². The number of amides is 1. The molecule has 3 aromatic rings. The quantitative estimate of drug-likeness (QED) is 0.803. The average Bonchev–Trinajstić information content (AvgIpc) is 2.95. The minimum absolute atomic E-state index is 0.0443. The summed E-state index contributed by atoms with van der Waals surface area (Å²) in [4.78, 5) is 12.0. The zero-order valence-corrected chi connectivity index (χ0v) is 12.0. The molecule has 0 bridgehead atoms. The molecule has 0 aliphatic carbocycles. The number of halogens is 2. The fourth-order valence-corrected chi connectivity index (χ4v) is 2.19. The van der Waals surface area contributed by atoms with Crippen molar-refractivity contribution in [2.45, 2.75) is 6.42 Å². The SMILES string of the molecule is O=C(Cc1cccc(F)c1)Nc1cnn(-c2ccccc2F)c1. The molecule has 2 aromatic carbocycles. The van der Waals surface area contributed by atoms with Gasteiger partial charge >= 0.3 is 0 Å². The molecule has 0 saturated carbocycles. The smallest absolute Gasteiger partial charge is 0.228 e. The molecule has 0 fully saturated rings. The normalized spacial score (nSPS) is 10.5. The lowest BCUT2D eigenvalue weighted by molar-refractivity contribution is -0.115. The van der Waals surface area contributed by atoms with Crippen LogP contribution < -0.4 is 5.32 Å². The molecule has 1 heterocycles. The number of aromatic nitrogens is 2. The summed E-state index contributed by atoms with van der Waals surface area (Å²) in [5.41, 5.74) is 1.30. The van der Waals surface area contributed by atoms with Gasteiger partial charge in [0, 0.05) is 0 Å². The molecule has 0 atom stereocenters. The van der Waals surface area contributed by atoms with E-state index in [0.717, 1.165) is 0 Å². The molecular formula is C17H13F2N3O. The van der Waals surface area contributed by atoms with Gasteiger partial charge in [-0.2, -0.15) is 5.10 Å². The van der Waals surface area contributed by atoms with E-state index in [-0.39, 0.29) is 23.8 Å². The Balaban J connectivity index is 1.69. The fourth-order valence-electron chi connectivity index (χ4n) is 2.19. The molecule has 0 radical (unpaired) electrons. The summed E-state index contributed by atoms with van der Waals surface area (Å²) in [5, 5.41) is 6.68. The van der Waals surface area contributed by atoms with E-state index < -0.39 is 5.82 Å². The van der Waals surface area contributed by atoms with E-state index in [2.05, 4.69) is 10.4 Å². The number of rotatable bonds is 4. The van der Waals surface area contributed by atoms with Crippen molar-refractivity contribution >= 4 is 11.6 Å². The van der Waals surface area contributed by atoms with Gasteiger partial charge in [0.25, 0.3) is 0 Å². The number of hydrogen-bond acceptors (Lipinski definition) is 2. The zero-order chi connectivity index (χ0) is 16.2. The lowest BCUT2D eigenvalue weighted by Gasteiger charge is -2.03. The van der Waals surface area contributed by atoms with Crippen LogP contribution in [0.2, 0.25) is 0 Å². The summed E-state index contributed by atoms with van der Waals surface area (Å²) in [6.07, 6.45) is 2.99. The second-order valence-electron chi connectivity index (χ2n) is 4.98. The van der Waals surface area contributed by atoms with E-state index in [4.69, 9.17) is 0 Å². The predicted octanol–water partition coefficient (Wildman–Crippen LogP) is 3.33. The van der Waals surface area contributed by atoms with Crippen LogP contribution in [0, 0.1) is 11.6 Å². The summed E-state index contributed by atoms with van der Waals surface area (Å²) >= 11 is 0. The predicted molar refractivity (Wildman–Crippen MR) is 82.3 cm³/mol. The second kappa shape index (κ2) is 6.39. The van der Waals surface area contributed by atoms with E-state index >= 15 is 0 Å². The topological polar surface area (TPSA) is 46.9 Å². The van der Waals surface area contributed by atoms with Crippen LogP contribution in [0.4, 0.5) is 14.5 Å². The molecule has 4 nitrogen and oxygen atoms in total. The Bertz CT molecular complexity index is 845. The number of nitrogens with one attached hydrogen (secondary N) is 1. The van der Waals surface area contributed by atoms with Gasteiger partial charge in [-0.25, -0.2) is 13.5 Å². The highest BCUT2D eigenvalue weighted by Crippen LogP contribution is 2.15. The van der Waals surface area contributed by atoms with Crippen molar-refractivity contribution in [1.82, 2.24) is 9.78 Å². The van der Waals surface area contributed by atoms with Crippen LogP contribution in [0.15, 0.2) is 60.9 Å². The van der Waals surface area contributed by atoms with Crippen molar-refractivity contribution < 1.29 is 13.6 Å². The number of benzene rings is 2. The summed E-state index contributed by atoms with van der Waals surface area (Å²) < 4.78 is 28.1. The van der Waals surface area contributed by atoms with E-state index in [1.165, 1.54) is 35.3 Å². The number of para-hydroxylation sites is 1. The second-order valence-corrected chi connectivity index (χ2v) is 4.98. The standard InChI is InChI=1S/C17H13F2N3O/c18-13-5-3-4-12(8-13)9-17(23)21-14-10-20-22(11-14)16-7-2-1-6-15(16)19/h1-8,10-11H,9H2,(H,21,23). The molecule has 0 spiro atoms. The first-order valence-corrected chi connectivity index (χ1v) is 6.96. The number of carbonyl (C=O) groups excluding carboxylic acids is 1. The third kappa shape index (κ3) is 3.60. The first-order chi connectivity index (χ1) is 11.1. The minimum Gasteiger partial charge on any atom is -0.323 e. The molecule has 1 amide bonds. The van der Waals surface area contributed by atoms with Gasteiger partial charge in [-0.05, 0) is 29.8 Å². The summed E-state index contributed by atoms with van der Waals surface area (Å²) in [7, 11) is 0. The van der Waals surface area contributed by atoms with Gasteiger partial charge in [-0.15, -0.1) is 0 Å². The van der Waals surface area contributed by atoms with Crippen molar-refractivity contribution in [2.75, 3.05) is 5.32 Å². The van der Waals surface area contributed by atoms with E-state index in [1.807, 2.05) is 0 Å². The lowest BCUT2D eigenvalue weighted by Crippen LogP contribution is -2.14.